The van der Waals surface area contributed by atoms with Crippen LogP contribution in [0.1, 0.15) is 65.7 Å². The molecule has 2 atom stereocenters. The molecule has 1 heterocycles. The van der Waals surface area contributed by atoms with Crippen molar-refractivity contribution in [1.29, 1.82) is 0 Å². The van der Waals surface area contributed by atoms with E-state index in [9.17, 15) is 9.59 Å². The van der Waals surface area contributed by atoms with E-state index in [1.807, 2.05) is 28.1 Å². The van der Waals surface area contributed by atoms with Gasteiger partial charge in [0.2, 0.25) is 5.91 Å². The minimum absolute atomic E-state index is 0.101. The van der Waals surface area contributed by atoms with Gasteiger partial charge in [-0.25, -0.2) is 4.79 Å². The molecule has 0 radical (unpaired) electrons. The van der Waals surface area contributed by atoms with Crippen LogP contribution in [-0.4, -0.2) is 87.1 Å². The average Bonchev–Trinajstić information content (AvgIpc) is 3.22. The molecule has 2 aliphatic rings. The van der Waals surface area contributed by atoms with Crippen LogP contribution in [0.5, 0.6) is 0 Å². The number of amides is 3. The van der Waals surface area contributed by atoms with Gasteiger partial charge in [-0.2, -0.15) is 0 Å². The van der Waals surface area contributed by atoms with E-state index < -0.39 is 5.79 Å². The summed E-state index contributed by atoms with van der Waals surface area (Å²) in [5, 5.41) is 6.20. The van der Waals surface area contributed by atoms with Gasteiger partial charge in [-0.15, -0.1) is 0 Å². The zero-order valence-corrected chi connectivity index (χ0v) is 21.2. The van der Waals surface area contributed by atoms with Crippen LogP contribution >= 0.6 is 0 Å². The van der Waals surface area contributed by atoms with Crippen LogP contribution in [0.2, 0.25) is 0 Å². The summed E-state index contributed by atoms with van der Waals surface area (Å²) in [6, 6.07) is -0.297. The maximum Gasteiger partial charge on any atom is 0.324 e. The molecule has 8 heteroatoms. The Morgan fingerprint density at radius 1 is 1.16 bits per heavy atom. The normalized spacial score (nSPS) is 21.7. The Hall–Kier alpha value is -1.22. The zero-order valence-electron chi connectivity index (χ0n) is 21.2. The first-order valence-electron chi connectivity index (χ1n) is 12.5. The van der Waals surface area contributed by atoms with Crippen molar-refractivity contribution >= 4 is 11.9 Å². The van der Waals surface area contributed by atoms with Crippen LogP contribution < -0.4 is 10.6 Å². The van der Waals surface area contributed by atoms with Crippen LogP contribution in [0.25, 0.3) is 0 Å². The van der Waals surface area contributed by atoms with Crippen LogP contribution in [0, 0.1) is 11.8 Å². The van der Waals surface area contributed by atoms with Gasteiger partial charge in [0.25, 0.3) is 0 Å². The Labute approximate surface area is 194 Å². The van der Waals surface area contributed by atoms with E-state index in [-0.39, 0.29) is 23.4 Å². The zero-order chi connectivity index (χ0) is 23.8. The largest absolute Gasteiger partial charge is 0.348 e. The van der Waals surface area contributed by atoms with E-state index >= 15 is 0 Å². The van der Waals surface area contributed by atoms with Crippen LogP contribution in [0.3, 0.4) is 0 Å². The van der Waals surface area contributed by atoms with Crippen LogP contribution in [-0.2, 0) is 14.3 Å². The molecule has 0 bridgehead atoms. The standard InChI is InChI=1S/C24H46N4O4/c1-7-23(8-2,27(5)6)18-26-22(30)28(9-3)21(29)20(17-25-4)15-19-11-10-12-24(16-19)31-13-14-32-24/h19-20,25H,7-18H2,1-6H3,(H,26,30)/t19-,20-/m1/s1. The Morgan fingerprint density at radius 2 is 1.81 bits per heavy atom. The second kappa shape index (κ2) is 12.3. The monoisotopic (exact) mass is 454 g/mol. The van der Waals surface area contributed by atoms with Crippen LogP contribution in [0.4, 0.5) is 4.79 Å². The lowest BCUT2D eigenvalue weighted by atomic mass is 9.79. The molecule has 0 aromatic heterocycles. The number of imide groups is 1. The molecule has 0 aromatic rings. The fraction of sp³-hybridized carbons (Fsp3) is 0.917. The number of nitrogens with one attached hydrogen (secondary N) is 2. The summed E-state index contributed by atoms with van der Waals surface area (Å²) in [7, 11) is 5.94. The van der Waals surface area contributed by atoms with E-state index in [0.29, 0.717) is 38.8 Å². The molecule has 1 aliphatic heterocycles. The van der Waals surface area contributed by atoms with Crippen molar-refractivity contribution in [2.24, 2.45) is 11.8 Å². The molecule has 32 heavy (non-hydrogen) atoms. The molecule has 2 rings (SSSR count). The van der Waals surface area contributed by atoms with Crippen LogP contribution in [0.15, 0.2) is 0 Å². The number of rotatable bonds is 11. The highest BCUT2D eigenvalue weighted by Gasteiger charge is 2.42. The molecule has 0 aromatic carbocycles. The van der Waals surface area contributed by atoms with E-state index in [0.717, 1.165) is 44.9 Å². The Kier molecular flexibility index (Phi) is 10.4. The summed E-state index contributed by atoms with van der Waals surface area (Å²) in [5.41, 5.74) is -0.111. The van der Waals surface area contributed by atoms with Gasteiger partial charge in [-0.1, -0.05) is 20.3 Å². The second-order valence-corrected chi connectivity index (χ2v) is 9.63. The molecule has 2 N–H and O–H groups in total. The van der Waals surface area contributed by atoms with Gasteiger partial charge in [0.15, 0.2) is 5.79 Å². The van der Waals surface area contributed by atoms with Crippen molar-refractivity contribution in [3.05, 3.63) is 0 Å². The molecule has 186 valence electrons. The number of likely N-dealkylation sites (N-methyl/N-ethyl adjacent to an activating group) is 1. The molecule has 1 saturated heterocycles. The van der Waals surface area contributed by atoms with Crippen molar-refractivity contribution in [3.8, 4) is 0 Å². The summed E-state index contributed by atoms with van der Waals surface area (Å²) in [4.78, 5) is 30.0. The first kappa shape index (κ1) is 27.0. The molecular weight excluding hydrogens is 408 g/mol. The minimum Gasteiger partial charge on any atom is -0.348 e. The summed E-state index contributed by atoms with van der Waals surface area (Å²) in [6.45, 7) is 8.87. The van der Waals surface area contributed by atoms with Gasteiger partial charge < -0.3 is 25.0 Å². The predicted octanol–water partition coefficient (Wildman–Crippen LogP) is 2.82. The maximum atomic E-state index is 13.4. The molecule has 3 amide bonds. The lowest BCUT2D eigenvalue weighted by Gasteiger charge is -2.39. The van der Waals surface area contributed by atoms with E-state index in [1.54, 1.807) is 0 Å². The maximum absolute atomic E-state index is 13.4. The van der Waals surface area contributed by atoms with Crippen molar-refractivity contribution in [2.75, 3.05) is 54.0 Å². The van der Waals surface area contributed by atoms with Gasteiger partial charge in [0, 0.05) is 38.0 Å². The van der Waals surface area contributed by atoms with Crippen molar-refractivity contribution in [3.63, 3.8) is 0 Å². The van der Waals surface area contributed by atoms with Gasteiger partial charge in [-0.3, -0.25) is 9.69 Å². The fourth-order valence-electron chi connectivity index (χ4n) is 5.43. The predicted molar refractivity (Wildman–Crippen MR) is 126 cm³/mol. The molecule has 0 unspecified atom stereocenters. The third kappa shape index (κ3) is 6.43. The van der Waals surface area contributed by atoms with Gasteiger partial charge in [0.1, 0.15) is 0 Å². The molecule has 1 aliphatic carbocycles. The van der Waals surface area contributed by atoms with E-state index in [4.69, 9.17) is 9.47 Å². The quantitative estimate of drug-likeness (QED) is 0.500. The highest BCUT2D eigenvalue weighted by molar-refractivity contribution is 5.95. The number of ether oxygens (including phenoxy) is 2. The smallest absolute Gasteiger partial charge is 0.324 e. The number of hydrogen-bond acceptors (Lipinski definition) is 6. The number of carbonyl (C=O) groups is 2. The highest BCUT2D eigenvalue weighted by Crippen LogP contribution is 2.41. The third-order valence-electron chi connectivity index (χ3n) is 7.66. The number of hydrogen-bond donors (Lipinski definition) is 2. The lowest BCUT2D eigenvalue weighted by Crippen LogP contribution is -2.55. The first-order chi connectivity index (χ1) is 15.3. The molecule has 1 saturated carbocycles. The van der Waals surface area contributed by atoms with Gasteiger partial charge >= 0.3 is 6.03 Å². The lowest BCUT2D eigenvalue weighted by molar-refractivity contribution is -0.188. The molecule has 1 spiro atoms. The second-order valence-electron chi connectivity index (χ2n) is 9.63. The Bertz CT molecular complexity index is 603. The van der Waals surface area contributed by atoms with E-state index in [2.05, 4.69) is 29.4 Å². The highest BCUT2D eigenvalue weighted by atomic mass is 16.7. The number of carbonyl (C=O) groups excluding carboxylic acids is 2. The summed E-state index contributed by atoms with van der Waals surface area (Å²) < 4.78 is 11.8. The summed E-state index contributed by atoms with van der Waals surface area (Å²) in [5.74, 6) is -0.445. The van der Waals surface area contributed by atoms with Crippen molar-refractivity contribution in [2.45, 2.75) is 77.0 Å². The van der Waals surface area contributed by atoms with Crippen molar-refractivity contribution < 1.29 is 19.1 Å². The first-order valence-corrected chi connectivity index (χ1v) is 12.5. The fourth-order valence-corrected chi connectivity index (χ4v) is 5.43. The SMILES string of the molecule is CCN(C(=O)NCC(CC)(CC)N(C)C)C(=O)[C@@H](CNC)C[C@H]1CCCC2(C1)OCCO2. The molecule has 2 fully saturated rings. The Balaban J connectivity index is 2.03. The third-order valence-corrected chi connectivity index (χ3v) is 7.66. The Morgan fingerprint density at radius 3 is 2.34 bits per heavy atom. The van der Waals surface area contributed by atoms with E-state index in [1.165, 1.54) is 4.90 Å². The van der Waals surface area contributed by atoms with Gasteiger partial charge in [0.05, 0.1) is 19.1 Å². The molecule has 8 nitrogen and oxygen atoms in total. The minimum atomic E-state index is -0.451. The van der Waals surface area contributed by atoms with Gasteiger partial charge in [-0.05, 0) is 59.7 Å². The topological polar surface area (TPSA) is 83.1 Å². The van der Waals surface area contributed by atoms with Crippen molar-refractivity contribution in [1.82, 2.24) is 20.4 Å². The summed E-state index contributed by atoms with van der Waals surface area (Å²) >= 11 is 0. The molecular formula is C24H46N4O4. The number of nitrogens with zero attached hydrogens (tertiary/aromatic N) is 2. The summed E-state index contributed by atoms with van der Waals surface area (Å²) in [6.07, 6.45) is 6.46. The number of urea groups is 1. The average molecular weight is 455 g/mol.